The van der Waals surface area contributed by atoms with E-state index in [1.54, 1.807) is 4.90 Å². The van der Waals surface area contributed by atoms with Crippen molar-refractivity contribution < 1.29 is 19.4 Å². The number of hydrogen-bond donors (Lipinski definition) is 2. The lowest BCUT2D eigenvalue weighted by Gasteiger charge is -2.26. The van der Waals surface area contributed by atoms with Gasteiger partial charge in [-0.2, -0.15) is 0 Å². The van der Waals surface area contributed by atoms with E-state index in [0.717, 1.165) is 22.3 Å². The van der Waals surface area contributed by atoms with Crippen LogP contribution in [-0.4, -0.2) is 34.8 Å². The summed E-state index contributed by atoms with van der Waals surface area (Å²) in [5.74, 6) is -0.800. The molecule has 25 heavy (non-hydrogen) atoms. The molecule has 0 saturated carbocycles. The summed E-state index contributed by atoms with van der Waals surface area (Å²) in [5.41, 5.74) is 1.72. The Morgan fingerprint density at radius 2 is 2.08 bits per heavy atom. The molecule has 2 N–H and O–H groups in total. The fraction of sp³-hybridized carbons (Fsp3) is 0.471. The van der Waals surface area contributed by atoms with Crippen LogP contribution in [0.2, 0.25) is 0 Å². The predicted octanol–water partition coefficient (Wildman–Crippen LogP) is 4.96. The molecule has 2 aromatic rings. The number of hydrogen-bond acceptors (Lipinski definition) is 5. The fourth-order valence-corrected chi connectivity index (χ4v) is 3.63. The van der Waals surface area contributed by atoms with Crippen molar-refractivity contribution in [2.75, 3.05) is 11.5 Å². The molecule has 0 aliphatic rings. The average molecular weight is 383 g/mol. The molecule has 0 radical (unpaired) electrons. The Kier molecular flexibility index (Phi) is 6.95. The quantitative estimate of drug-likeness (QED) is 0.498. The average Bonchev–Trinajstić information content (AvgIpc) is 2.89. The van der Waals surface area contributed by atoms with Gasteiger partial charge in [0.05, 0.1) is 16.8 Å². The number of fused-ring (bicyclic) bond motifs is 1. The van der Waals surface area contributed by atoms with Gasteiger partial charge in [-0.05, 0) is 63.5 Å². The molecule has 0 unspecified atom stereocenters. The predicted molar refractivity (Wildman–Crippen MR) is 102 cm³/mol. The summed E-state index contributed by atoms with van der Waals surface area (Å²) in [6.45, 7) is 4.14. The molecule has 0 spiro atoms. The number of nitrogens with one attached hydrogen (secondary N) is 1. The van der Waals surface area contributed by atoms with E-state index >= 15 is 0 Å². The Morgan fingerprint density at radius 1 is 1.32 bits per heavy atom. The van der Waals surface area contributed by atoms with Gasteiger partial charge < -0.3 is 14.8 Å². The molecule has 2 rings (SSSR count). The van der Waals surface area contributed by atoms with Crippen LogP contribution >= 0.6 is 23.6 Å². The van der Waals surface area contributed by atoms with Crippen LogP contribution in [0.1, 0.15) is 39.5 Å². The maximum absolute atomic E-state index is 12.5. The highest BCUT2D eigenvalue weighted by molar-refractivity contribution is 7.73. The number of H-pyrrole nitrogens is 1. The van der Waals surface area contributed by atoms with Crippen LogP contribution in [0.15, 0.2) is 18.2 Å². The molecule has 1 heterocycles. The van der Waals surface area contributed by atoms with Crippen molar-refractivity contribution in [2.45, 2.75) is 45.6 Å². The number of carboxylic acids is 1. The topological polar surface area (TPSA) is 82.6 Å². The Labute approximate surface area is 155 Å². The molecule has 0 aliphatic carbocycles. The summed E-state index contributed by atoms with van der Waals surface area (Å²) in [6.07, 6.45) is 1.72. The summed E-state index contributed by atoms with van der Waals surface area (Å²) in [7, 11) is 0. The molecule has 8 heteroatoms. The number of aromatic nitrogens is 1. The van der Waals surface area contributed by atoms with E-state index in [1.165, 1.54) is 11.3 Å². The lowest BCUT2D eigenvalue weighted by Crippen LogP contribution is -2.37. The van der Waals surface area contributed by atoms with E-state index in [-0.39, 0.29) is 19.1 Å². The molecule has 1 aromatic heterocycles. The maximum atomic E-state index is 12.5. The number of anilines is 1. The Morgan fingerprint density at radius 3 is 2.76 bits per heavy atom. The van der Waals surface area contributed by atoms with Crippen LogP contribution in [0.5, 0.6) is 0 Å². The van der Waals surface area contributed by atoms with Crippen LogP contribution in [-0.2, 0) is 9.53 Å². The number of thiazole rings is 1. The summed E-state index contributed by atoms with van der Waals surface area (Å²) in [5, 5.41) is 8.59. The number of aliphatic carboxylic acids is 1. The van der Waals surface area contributed by atoms with Gasteiger partial charge in [0.15, 0.2) is 3.95 Å². The van der Waals surface area contributed by atoms with Gasteiger partial charge in [0.2, 0.25) is 0 Å². The van der Waals surface area contributed by atoms with Gasteiger partial charge in [0.25, 0.3) is 0 Å². The Balaban J connectivity index is 1.97. The van der Waals surface area contributed by atoms with Gasteiger partial charge in [0, 0.05) is 18.2 Å². The lowest BCUT2D eigenvalue weighted by molar-refractivity contribution is -0.137. The highest BCUT2D eigenvalue weighted by Gasteiger charge is 2.21. The van der Waals surface area contributed by atoms with Crippen LogP contribution in [0.4, 0.5) is 10.5 Å². The van der Waals surface area contributed by atoms with E-state index < -0.39 is 12.1 Å². The first kappa shape index (κ1) is 19.4. The van der Waals surface area contributed by atoms with Crippen molar-refractivity contribution in [3.05, 3.63) is 22.2 Å². The summed E-state index contributed by atoms with van der Waals surface area (Å²) >= 11 is 6.62. The number of benzene rings is 1. The first-order valence-electron chi connectivity index (χ1n) is 8.19. The Bertz CT molecular complexity index is 797. The van der Waals surface area contributed by atoms with Crippen LogP contribution < -0.4 is 4.90 Å². The SMILES string of the molecule is CC(C)N(C(=O)OCCCCCC(=O)O)c1ccc2[nH]c(=S)sc2c1. The minimum atomic E-state index is -0.800. The zero-order valence-electron chi connectivity index (χ0n) is 14.3. The molecule has 136 valence electrons. The Hall–Kier alpha value is -1.93. The minimum absolute atomic E-state index is 0.0520. The van der Waals surface area contributed by atoms with Crippen molar-refractivity contribution in [2.24, 2.45) is 0 Å². The highest BCUT2D eigenvalue weighted by Crippen LogP contribution is 2.27. The lowest BCUT2D eigenvalue weighted by atomic mass is 10.2. The number of nitrogens with zero attached hydrogens (tertiary/aromatic N) is 1. The number of carbonyl (C=O) groups excluding carboxylic acids is 1. The van der Waals surface area contributed by atoms with Gasteiger partial charge in [-0.15, -0.1) is 11.3 Å². The molecule has 0 saturated heterocycles. The fourth-order valence-electron chi connectivity index (χ4n) is 2.48. The van der Waals surface area contributed by atoms with Gasteiger partial charge in [-0.3, -0.25) is 9.69 Å². The molecule has 6 nitrogen and oxygen atoms in total. The highest BCUT2D eigenvalue weighted by atomic mass is 32.1. The van der Waals surface area contributed by atoms with E-state index in [2.05, 4.69) is 4.98 Å². The zero-order valence-corrected chi connectivity index (χ0v) is 15.9. The minimum Gasteiger partial charge on any atom is -0.481 e. The number of carbonyl (C=O) groups is 2. The number of unbranched alkanes of at least 4 members (excludes halogenated alkanes) is 2. The number of amides is 1. The first-order valence-corrected chi connectivity index (χ1v) is 9.41. The second-order valence-corrected chi connectivity index (χ2v) is 7.70. The van der Waals surface area contributed by atoms with Crippen molar-refractivity contribution in [1.82, 2.24) is 4.98 Å². The van der Waals surface area contributed by atoms with Gasteiger partial charge >= 0.3 is 12.1 Å². The number of aromatic amines is 1. The van der Waals surface area contributed by atoms with Crippen molar-refractivity contribution in [1.29, 1.82) is 0 Å². The molecular weight excluding hydrogens is 360 g/mol. The molecule has 1 amide bonds. The largest absolute Gasteiger partial charge is 0.481 e. The van der Waals surface area contributed by atoms with E-state index in [1.807, 2.05) is 32.0 Å². The monoisotopic (exact) mass is 382 g/mol. The third-order valence-corrected chi connectivity index (χ3v) is 4.85. The summed E-state index contributed by atoms with van der Waals surface area (Å²) in [4.78, 5) is 27.6. The van der Waals surface area contributed by atoms with Gasteiger partial charge in [-0.1, -0.05) is 0 Å². The molecule has 0 aliphatic heterocycles. The third kappa shape index (κ3) is 5.54. The van der Waals surface area contributed by atoms with E-state index in [9.17, 15) is 9.59 Å². The van der Waals surface area contributed by atoms with E-state index in [0.29, 0.717) is 16.8 Å². The first-order chi connectivity index (χ1) is 11.9. The number of rotatable bonds is 8. The molecular formula is C17H22N2O4S2. The second kappa shape index (κ2) is 8.96. The van der Waals surface area contributed by atoms with Crippen molar-refractivity contribution in [3.63, 3.8) is 0 Å². The van der Waals surface area contributed by atoms with E-state index in [4.69, 9.17) is 22.1 Å². The smallest absolute Gasteiger partial charge is 0.414 e. The van der Waals surface area contributed by atoms with Crippen LogP contribution in [0.25, 0.3) is 10.2 Å². The molecule has 1 aromatic carbocycles. The van der Waals surface area contributed by atoms with Crippen LogP contribution in [0, 0.1) is 3.95 Å². The molecule has 0 atom stereocenters. The summed E-state index contributed by atoms with van der Waals surface area (Å²) in [6, 6.07) is 5.66. The molecule has 0 fully saturated rings. The molecule has 0 bridgehead atoms. The standard InChI is InChI=1S/C17H22N2O4S2/c1-11(2)19(17(22)23-9-5-3-4-6-15(20)21)12-7-8-13-14(10-12)25-16(24)18-13/h7-8,10-11H,3-6,9H2,1-2H3,(H,18,24)(H,20,21). The third-order valence-electron chi connectivity index (χ3n) is 3.66. The summed E-state index contributed by atoms with van der Waals surface area (Å²) < 4.78 is 7.05. The van der Waals surface area contributed by atoms with Gasteiger partial charge in [-0.25, -0.2) is 4.79 Å². The van der Waals surface area contributed by atoms with Gasteiger partial charge in [0.1, 0.15) is 0 Å². The van der Waals surface area contributed by atoms with Crippen molar-refractivity contribution in [3.8, 4) is 0 Å². The van der Waals surface area contributed by atoms with Crippen LogP contribution in [0.3, 0.4) is 0 Å². The zero-order chi connectivity index (χ0) is 18.4. The maximum Gasteiger partial charge on any atom is 0.414 e. The number of ether oxygens (including phenoxy) is 1. The second-order valence-electron chi connectivity index (χ2n) is 5.98. The number of carboxylic acid groups (broad SMARTS) is 1. The normalized spacial score (nSPS) is 11.0. The van der Waals surface area contributed by atoms with Crippen molar-refractivity contribution >= 4 is 51.5 Å².